The Kier molecular flexibility index (Phi) is 4.84. The molecule has 1 saturated carbocycles. The highest BCUT2D eigenvalue weighted by atomic mass is 19.3. The lowest BCUT2D eigenvalue weighted by atomic mass is 10.1. The SMILES string of the molecule is Cn1ncc2c(NC3CCC(F)(F)C3)nc(NC[C@H](N)c3ccccc3)nc21. The predicted molar refractivity (Wildman–Crippen MR) is 104 cm³/mol. The van der Waals surface area contributed by atoms with Gasteiger partial charge in [-0.3, -0.25) is 4.68 Å². The number of anilines is 2. The van der Waals surface area contributed by atoms with Gasteiger partial charge in [0, 0.05) is 38.5 Å². The van der Waals surface area contributed by atoms with Gasteiger partial charge >= 0.3 is 0 Å². The van der Waals surface area contributed by atoms with E-state index in [0.717, 1.165) is 5.56 Å². The Morgan fingerprint density at radius 1 is 1.29 bits per heavy atom. The fourth-order valence-electron chi connectivity index (χ4n) is 3.50. The second-order valence-corrected chi connectivity index (χ2v) is 7.24. The van der Waals surface area contributed by atoms with Crippen molar-refractivity contribution in [1.29, 1.82) is 0 Å². The van der Waals surface area contributed by atoms with Gasteiger partial charge in [0.1, 0.15) is 5.82 Å². The van der Waals surface area contributed by atoms with Crippen LogP contribution < -0.4 is 16.4 Å². The Morgan fingerprint density at radius 2 is 2.07 bits per heavy atom. The van der Waals surface area contributed by atoms with Gasteiger partial charge in [0.15, 0.2) is 5.65 Å². The highest BCUT2D eigenvalue weighted by Gasteiger charge is 2.39. The number of hydrogen-bond acceptors (Lipinski definition) is 6. The molecule has 0 bridgehead atoms. The van der Waals surface area contributed by atoms with Crippen LogP contribution in [0.15, 0.2) is 36.5 Å². The van der Waals surface area contributed by atoms with Gasteiger partial charge in [-0.15, -0.1) is 0 Å². The Bertz CT molecular complexity index is 958. The van der Waals surface area contributed by atoms with E-state index in [-0.39, 0.29) is 24.9 Å². The van der Waals surface area contributed by atoms with Crippen molar-refractivity contribution >= 4 is 22.8 Å². The lowest BCUT2D eigenvalue weighted by Gasteiger charge is -2.16. The van der Waals surface area contributed by atoms with Crippen molar-refractivity contribution in [3.05, 3.63) is 42.1 Å². The van der Waals surface area contributed by atoms with Crippen LogP contribution in [0.4, 0.5) is 20.5 Å². The molecular weight excluding hydrogens is 364 g/mol. The number of halogens is 2. The van der Waals surface area contributed by atoms with Crippen molar-refractivity contribution in [1.82, 2.24) is 19.7 Å². The molecule has 9 heteroatoms. The van der Waals surface area contributed by atoms with E-state index in [1.54, 1.807) is 17.9 Å². The van der Waals surface area contributed by atoms with Gasteiger partial charge in [-0.2, -0.15) is 15.1 Å². The molecule has 4 N–H and O–H groups in total. The molecule has 7 nitrogen and oxygen atoms in total. The average Bonchev–Trinajstić information content (AvgIpc) is 3.22. The van der Waals surface area contributed by atoms with Crippen LogP contribution in [0.25, 0.3) is 11.0 Å². The second kappa shape index (κ2) is 7.31. The molecule has 2 aromatic heterocycles. The molecule has 1 fully saturated rings. The third-order valence-corrected chi connectivity index (χ3v) is 5.04. The van der Waals surface area contributed by atoms with E-state index >= 15 is 0 Å². The monoisotopic (exact) mass is 387 g/mol. The van der Waals surface area contributed by atoms with Gasteiger partial charge in [0.05, 0.1) is 11.6 Å². The number of aromatic nitrogens is 4. The maximum atomic E-state index is 13.5. The zero-order chi connectivity index (χ0) is 19.7. The highest BCUT2D eigenvalue weighted by Crippen LogP contribution is 2.36. The van der Waals surface area contributed by atoms with Gasteiger partial charge in [-0.25, -0.2) is 8.78 Å². The van der Waals surface area contributed by atoms with E-state index in [2.05, 4.69) is 25.7 Å². The molecule has 0 spiro atoms. The van der Waals surface area contributed by atoms with E-state index < -0.39 is 5.92 Å². The maximum absolute atomic E-state index is 13.5. The van der Waals surface area contributed by atoms with Crippen molar-refractivity contribution in [2.75, 3.05) is 17.2 Å². The summed E-state index contributed by atoms with van der Waals surface area (Å²) in [6.07, 6.45) is 1.74. The molecule has 2 heterocycles. The largest absolute Gasteiger partial charge is 0.366 e. The number of benzene rings is 1. The van der Waals surface area contributed by atoms with E-state index in [0.29, 0.717) is 35.8 Å². The number of rotatable bonds is 6. The van der Waals surface area contributed by atoms with Crippen LogP contribution in [0.3, 0.4) is 0 Å². The van der Waals surface area contributed by atoms with Crippen LogP contribution >= 0.6 is 0 Å². The molecule has 3 aromatic rings. The Labute approximate surface area is 161 Å². The molecule has 0 radical (unpaired) electrons. The molecule has 148 valence electrons. The number of hydrogen-bond donors (Lipinski definition) is 3. The standard InChI is InChI=1S/C19H23F2N7/c1-28-17-14(10-24-28)16(25-13-7-8-19(20,21)9-13)26-18(27-17)23-11-15(22)12-5-3-2-4-6-12/h2-6,10,13,15H,7-9,11,22H2,1H3,(H2,23,25,26,27)/t13?,15-/m0/s1. The highest BCUT2D eigenvalue weighted by molar-refractivity contribution is 5.87. The zero-order valence-electron chi connectivity index (χ0n) is 15.6. The summed E-state index contributed by atoms with van der Waals surface area (Å²) in [4.78, 5) is 9.00. The third kappa shape index (κ3) is 3.89. The normalized spacial score (nSPS) is 19.6. The van der Waals surface area contributed by atoms with Gasteiger partial charge < -0.3 is 16.4 Å². The van der Waals surface area contributed by atoms with Gasteiger partial charge in [0.25, 0.3) is 0 Å². The van der Waals surface area contributed by atoms with Gasteiger partial charge in [-0.05, 0) is 12.0 Å². The molecule has 1 aliphatic carbocycles. The number of nitrogens with two attached hydrogens (primary N) is 1. The van der Waals surface area contributed by atoms with Crippen LogP contribution in [-0.4, -0.2) is 38.3 Å². The minimum absolute atomic E-state index is 0.108. The summed E-state index contributed by atoms with van der Waals surface area (Å²) < 4.78 is 28.7. The Hall–Kier alpha value is -2.81. The summed E-state index contributed by atoms with van der Waals surface area (Å²) in [6.45, 7) is 0.439. The molecular formula is C19H23F2N7. The molecule has 0 saturated heterocycles. The van der Waals surface area contributed by atoms with Crippen molar-refractivity contribution in [3.63, 3.8) is 0 Å². The van der Waals surface area contributed by atoms with Crippen molar-refractivity contribution in [2.45, 2.75) is 37.3 Å². The van der Waals surface area contributed by atoms with Crippen LogP contribution in [0, 0.1) is 0 Å². The Morgan fingerprint density at radius 3 is 2.79 bits per heavy atom. The summed E-state index contributed by atoms with van der Waals surface area (Å²) in [7, 11) is 1.78. The molecule has 1 aromatic carbocycles. The minimum Gasteiger partial charge on any atom is -0.366 e. The van der Waals surface area contributed by atoms with Crippen molar-refractivity contribution < 1.29 is 8.78 Å². The van der Waals surface area contributed by atoms with Crippen molar-refractivity contribution in [2.24, 2.45) is 12.8 Å². The summed E-state index contributed by atoms with van der Waals surface area (Å²) in [5.41, 5.74) is 7.86. The minimum atomic E-state index is -2.62. The first-order valence-electron chi connectivity index (χ1n) is 9.30. The van der Waals surface area contributed by atoms with Crippen molar-refractivity contribution in [3.8, 4) is 0 Å². The topological polar surface area (TPSA) is 93.7 Å². The number of nitrogens with one attached hydrogen (secondary N) is 2. The van der Waals surface area contributed by atoms with E-state index in [1.807, 2.05) is 30.3 Å². The number of aryl methyl sites for hydroxylation is 1. The van der Waals surface area contributed by atoms with E-state index in [4.69, 9.17) is 5.73 Å². The number of fused-ring (bicyclic) bond motifs is 1. The molecule has 0 aliphatic heterocycles. The average molecular weight is 387 g/mol. The van der Waals surface area contributed by atoms with Gasteiger partial charge in [-0.1, -0.05) is 30.3 Å². The molecule has 1 unspecified atom stereocenters. The first kappa shape index (κ1) is 18.5. The lowest BCUT2D eigenvalue weighted by Crippen LogP contribution is -2.23. The van der Waals surface area contributed by atoms with E-state index in [9.17, 15) is 8.78 Å². The summed E-state index contributed by atoms with van der Waals surface area (Å²) in [6, 6.07) is 9.19. The lowest BCUT2D eigenvalue weighted by molar-refractivity contribution is 0.00852. The first-order chi connectivity index (χ1) is 13.4. The first-order valence-corrected chi connectivity index (χ1v) is 9.30. The number of alkyl halides is 2. The molecule has 1 aliphatic rings. The second-order valence-electron chi connectivity index (χ2n) is 7.24. The number of nitrogens with zero attached hydrogens (tertiary/aromatic N) is 4. The van der Waals surface area contributed by atoms with Crippen LogP contribution in [0.1, 0.15) is 30.9 Å². The van der Waals surface area contributed by atoms with Gasteiger partial charge in [0.2, 0.25) is 11.9 Å². The van der Waals surface area contributed by atoms with Crippen LogP contribution in [0.2, 0.25) is 0 Å². The van der Waals surface area contributed by atoms with Crippen LogP contribution in [0.5, 0.6) is 0 Å². The molecule has 2 atom stereocenters. The zero-order valence-corrected chi connectivity index (χ0v) is 15.6. The molecule has 28 heavy (non-hydrogen) atoms. The maximum Gasteiger partial charge on any atom is 0.250 e. The summed E-state index contributed by atoms with van der Waals surface area (Å²) >= 11 is 0. The molecule has 4 rings (SSSR count). The Balaban J connectivity index is 1.54. The third-order valence-electron chi connectivity index (χ3n) is 5.04. The predicted octanol–water partition coefficient (Wildman–Crippen LogP) is 3.07. The molecule has 0 amide bonds. The summed E-state index contributed by atoms with van der Waals surface area (Å²) in [5, 5.41) is 11.2. The van der Waals surface area contributed by atoms with E-state index in [1.165, 1.54) is 0 Å². The summed E-state index contributed by atoms with van der Waals surface area (Å²) in [5.74, 6) is -1.73. The fourth-order valence-corrected chi connectivity index (χ4v) is 3.50. The van der Waals surface area contributed by atoms with Crippen LogP contribution in [-0.2, 0) is 7.05 Å². The fraction of sp³-hybridized carbons (Fsp3) is 0.421. The quantitative estimate of drug-likeness (QED) is 0.602. The smallest absolute Gasteiger partial charge is 0.250 e.